The summed E-state index contributed by atoms with van der Waals surface area (Å²) >= 11 is 0. The van der Waals surface area contributed by atoms with E-state index < -0.39 is 10.0 Å². The van der Waals surface area contributed by atoms with E-state index in [0.717, 1.165) is 16.9 Å². The molecule has 0 saturated carbocycles. The van der Waals surface area contributed by atoms with Crippen LogP contribution >= 0.6 is 0 Å². The number of amides is 1. The van der Waals surface area contributed by atoms with Gasteiger partial charge in [0.15, 0.2) is 0 Å². The van der Waals surface area contributed by atoms with Crippen molar-refractivity contribution in [2.45, 2.75) is 11.4 Å². The highest BCUT2D eigenvalue weighted by Crippen LogP contribution is 2.22. The van der Waals surface area contributed by atoms with Gasteiger partial charge in [0.25, 0.3) is 5.91 Å². The second-order valence-corrected chi connectivity index (χ2v) is 10.6. The van der Waals surface area contributed by atoms with Gasteiger partial charge in [0.2, 0.25) is 10.0 Å². The minimum absolute atomic E-state index is 0.0926. The molecule has 0 unspecified atom stereocenters. The first-order chi connectivity index (χ1) is 16.7. The van der Waals surface area contributed by atoms with Crippen molar-refractivity contribution in [1.82, 2.24) is 9.62 Å². The van der Waals surface area contributed by atoms with Gasteiger partial charge in [0.05, 0.1) is 4.90 Å². The lowest BCUT2D eigenvalue weighted by Gasteiger charge is -2.35. The number of sulfonamides is 1. The number of anilines is 2. The first-order valence-electron chi connectivity index (χ1n) is 11.4. The summed E-state index contributed by atoms with van der Waals surface area (Å²) in [6.07, 6.45) is 0. The van der Waals surface area contributed by atoms with Crippen LogP contribution in [0.1, 0.15) is 15.9 Å². The molecule has 1 saturated heterocycles. The Morgan fingerprint density at radius 2 is 1.63 bits per heavy atom. The maximum Gasteiger partial charge on any atom is 0.251 e. The molecule has 0 aromatic heterocycles. The van der Waals surface area contributed by atoms with Gasteiger partial charge in [0.1, 0.15) is 5.82 Å². The summed E-state index contributed by atoms with van der Waals surface area (Å²) in [5.41, 5.74) is 3.13. The van der Waals surface area contributed by atoms with E-state index in [0.29, 0.717) is 38.3 Å². The zero-order valence-corrected chi connectivity index (χ0v) is 20.6. The Morgan fingerprint density at radius 3 is 2.31 bits per heavy atom. The molecule has 9 heteroatoms. The maximum absolute atomic E-state index is 13.3. The largest absolute Gasteiger partial charge is 0.378 e. The molecule has 3 aromatic carbocycles. The summed E-state index contributed by atoms with van der Waals surface area (Å²) in [7, 11) is 0.150. The number of piperazine rings is 1. The molecule has 1 fully saturated rings. The van der Waals surface area contributed by atoms with Gasteiger partial charge < -0.3 is 15.1 Å². The summed E-state index contributed by atoms with van der Waals surface area (Å²) in [5, 5.41) is 2.87. The van der Waals surface area contributed by atoms with Crippen molar-refractivity contribution in [3.05, 3.63) is 89.7 Å². The van der Waals surface area contributed by atoms with E-state index in [4.69, 9.17) is 0 Å². The number of hydrogen-bond donors (Lipinski definition) is 1. The van der Waals surface area contributed by atoms with Crippen LogP contribution in [-0.2, 0) is 16.6 Å². The van der Waals surface area contributed by atoms with Crippen LogP contribution in [0.4, 0.5) is 15.8 Å². The Kier molecular flexibility index (Phi) is 7.37. The highest BCUT2D eigenvalue weighted by Gasteiger charge is 2.29. The fraction of sp³-hybridized carbons (Fsp3) is 0.269. The number of benzene rings is 3. The Balaban J connectivity index is 1.40. The van der Waals surface area contributed by atoms with Crippen LogP contribution in [0.15, 0.2) is 77.7 Å². The van der Waals surface area contributed by atoms with Gasteiger partial charge in [-0.15, -0.1) is 0 Å². The first kappa shape index (κ1) is 24.7. The molecule has 1 aliphatic heterocycles. The summed E-state index contributed by atoms with van der Waals surface area (Å²) in [4.78, 5) is 16.9. The van der Waals surface area contributed by atoms with Crippen LogP contribution in [0.5, 0.6) is 0 Å². The zero-order chi connectivity index (χ0) is 25.0. The van der Waals surface area contributed by atoms with Crippen LogP contribution in [0.25, 0.3) is 0 Å². The quantitative estimate of drug-likeness (QED) is 0.543. The normalized spacial score (nSPS) is 14.5. The van der Waals surface area contributed by atoms with E-state index in [1.54, 1.807) is 24.3 Å². The molecule has 3 aromatic rings. The van der Waals surface area contributed by atoms with Crippen LogP contribution in [0, 0.1) is 5.82 Å². The van der Waals surface area contributed by atoms with E-state index in [1.165, 1.54) is 28.6 Å². The molecule has 1 heterocycles. The van der Waals surface area contributed by atoms with E-state index in [9.17, 15) is 17.6 Å². The number of nitrogens with zero attached hydrogens (tertiary/aromatic N) is 3. The van der Waals surface area contributed by atoms with Gasteiger partial charge in [-0.05, 0) is 60.2 Å². The number of carbonyl (C=O) groups excluding carboxylic acids is 1. The molecule has 1 N–H and O–H groups in total. The van der Waals surface area contributed by atoms with Crippen LogP contribution in [-0.4, -0.2) is 58.9 Å². The predicted molar refractivity (Wildman–Crippen MR) is 136 cm³/mol. The SMILES string of the molecule is CN(C)c1cccc(CNC(=O)c2cccc(S(=O)(=O)N3CCN(c4ccc(F)cc4)CC3)c2)c1. The summed E-state index contributed by atoms with van der Waals surface area (Å²) in [6, 6.07) is 20.1. The van der Waals surface area contributed by atoms with Gasteiger partial charge in [0, 0.05) is 63.8 Å². The molecule has 0 aliphatic carbocycles. The van der Waals surface area contributed by atoms with Crippen molar-refractivity contribution < 1.29 is 17.6 Å². The van der Waals surface area contributed by atoms with E-state index in [-0.39, 0.29) is 16.6 Å². The van der Waals surface area contributed by atoms with Gasteiger partial charge in [-0.25, -0.2) is 12.8 Å². The summed E-state index contributed by atoms with van der Waals surface area (Å²) < 4.78 is 41.1. The maximum atomic E-state index is 13.3. The molecule has 1 aliphatic rings. The molecular formula is C26H29FN4O3S. The smallest absolute Gasteiger partial charge is 0.251 e. The molecule has 1 amide bonds. The molecule has 4 rings (SSSR count). The zero-order valence-electron chi connectivity index (χ0n) is 19.8. The van der Waals surface area contributed by atoms with E-state index in [1.807, 2.05) is 48.2 Å². The van der Waals surface area contributed by atoms with Gasteiger partial charge in [-0.1, -0.05) is 18.2 Å². The fourth-order valence-electron chi connectivity index (χ4n) is 4.01. The number of halogens is 1. The van der Waals surface area contributed by atoms with E-state index >= 15 is 0 Å². The van der Waals surface area contributed by atoms with Crippen molar-refractivity contribution in [3.8, 4) is 0 Å². The third kappa shape index (κ3) is 5.80. The van der Waals surface area contributed by atoms with Gasteiger partial charge in [-0.2, -0.15) is 4.31 Å². The first-order valence-corrected chi connectivity index (χ1v) is 12.8. The second kappa shape index (κ2) is 10.5. The summed E-state index contributed by atoms with van der Waals surface area (Å²) in [5.74, 6) is -0.639. The molecule has 0 spiro atoms. The van der Waals surface area contributed by atoms with Gasteiger partial charge >= 0.3 is 0 Å². The van der Waals surface area contributed by atoms with Crippen molar-refractivity contribution in [2.75, 3.05) is 50.1 Å². The topological polar surface area (TPSA) is 73.0 Å². The van der Waals surface area contributed by atoms with Crippen molar-refractivity contribution >= 4 is 27.3 Å². The molecule has 7 nitrogen and oxygen atoms in total. The standard InChI is InChI=1S/C26H29FN4O3S/c1-29(2)24-7-3-5-20(17-24)19-28-26(32)21-6-4-8-25(18-21)35(33,34)31-15-13-30(14-16-31)23-11-9-22(27)10-12-23/h3-12,17-18H,13-16,19H2,1-2H3,(H,28,32). The van der Waals surface area contributed by atoms with Crippen molar-refractivity contribution in [2.24, 2.45) is 0 Å². The fourth-order valence-corrected chi connectivity index (χ4v) is 5.48. The third-order valence-corrected chi connectivity index (χ3v) is 7.94. The Bertz CT molecular complexity index is 1290. The molecule has 184 valence electrons. The lowest BCUT2D eigenvalue weighted by molar-refractivity contribution is 0.0950. The van der Waals surface area contributed by atoms with Gasteiger partial charge in [-0.3, -0.25) is 4.79 Å². The Morgan fingerprint density at radius 1 is 0.943 bits per heavy atom. The second-order valence-electron chi connectivity index (χ2n) is 8.64. The number of nitrogens with one attached hydrogen (secondary N) is 1. The molecule has 0 bridgehead atoms. The van der Waals surface area contributed by atoms with Crippen molar-refractivity contribution in [1.29, 1.82) is 0 Å². The highest BCUT2D eigenvalue weighted by molar-refractivity contribution is 7.89. The van der Waals surface area contributed by atoms with E-state index in [2.05, 4.69) is 5.32 Å². The minimum Gasteiger partial charge on any atom is -0.378 e. The molecule has 0 atom stereocenters. The molecular weight excluding hydrogens is 467 g/mol. The average molecular weight is 497 g/mol. The minimum atomic E-state index is -3.75. The Hall–Kier alpha value is -3.43. The predicted octanol–water partition coefficient (Wildman–Crippen LogP) is 3.33. The highest BCUT2D eigenvalue weighted by atomic mass is 32.2. The van der Waals surface area contributed by atoms with Crippen LogP contribution in [0.3, 0.4) is 0 Å². The Labute approximate surface area is 205 Å². The lowest BCUT2D eigenvalue weighted by Crippen LogP contribution is -2.48. The monoisotopic (exact) mass is 496 g/mol. The molecule has 35 heavy (non-hydrogen) atoms. The molecule has 0 radical (unpaired) electrons. The van der Waals surface area contributed by atoms with Crippen molar-refractivity contribution in [3.63, 3.8) is 0 Å². The summed E-state index contributed by atoms with van der Waals surface area (Å²) in [6.45, 7) is 1.94. The van der Waals surface area contributed by atoms with Crippen LogP contribution < -0.4 is 15.1 Å². The average Bonchev–Trinajstić information content (AvgIpc) is 2.88. The number of rotatable bonds is 7. The number of carbonyl (C=O) groups is 1. The lowest BCUT2D eigenvalue weighted by atomic mass is 10.1. The van der Waals surface area contributed by atoms with Crippen LogP contribution in [0.2, 0.25) is 0 Å². The number of hydrogen-bond acceptors (Lipinski definition) is 5. The third-order valence-electron chi connectivity index (χ3n) is 6.04.